The summed E-state index contributed by atoms with van der Waals surface area (Å²) in [6.07, 6.45) is 3.11. The second kappa shape index (κ2) is 7.13. The number of carbonyl (C=O) groups excluding carboxylic acids is 2. The number of nitrogens with zero attached hydrogens (tertiary/aromatic N) is 2. The number of amides is 2. The topological polar surface area (TPSA) is 75.5 Å². The van der Waals surface area contributed by atoms with Gasteiger partial charge in [0, 0.05) is 18.0 Å². The molecule has 0 fully saturated rings. The zero-order chi connectivity index (χ0) is 18.0. The summed E-state index contributed by atoms with van der Waals surface area (Å²) < 4.78 is 1.62. The first-order chi connectivity index (χ1) is 12.0. The normalized spacial score (nSPS) is 12.0. The maximum atomic E-state index is 12.5. The number of alkyl halides is 1. The number of halogens is 2. The number of hydrogen-bond donors (Lipinski definition) is 2. The van der Waals surface area contributed by atoms with E-state index in [-0.39, 0.29) is 11.8 Å². The fourth-order valence-corrected chi connectivity index (χ4v) is 2.45. The molecular formula is C17H14Cl2N4O2. The van der Waals surface area contributed by atoms with Gasteiger partial charge in [-0.2, -0.15) is 0 Å². The van der Waals surface area contributed by atoms with Crippen molar-refractivity contribution in [2.45, 2.75) is 12.3 Å². The van der Waals surface area contributed by atoms with Crippen molar-refractivity contribution in [3.8, 4) is 0 Å². The van der Waals surface area contributed by atoms with Crippen LogP contribution in [0.2, 0.25) is 5.02 Å². The standard InChI is InChI=1S/C17H14Cl2N4O2/c1-10(18)16(24)21-11-6-7-23-14(9-20-15(23)8-11)17(25)22-13-5-3-2-4-12(13)19/h2-10H,1H3,(H,21,24)(H,22,25). The summed E-state index contributed by atoms with van der Waals surface area (Å²) in [6, 6.07) is 10.3. The number of pyridine rings is 1. The largest absolute Gasteiger partial charge is 0.325 e. The molecule has 0 saturated carbocycles. The first kappa shape index (κ1) is 17.3. The van der Waals surface area contributed by atoms with Gasteiger partial charge in [0.1, 0.15) is 16.7 Å². The number of fused-ring (bicyclic) bond motifs is 1. The Labute approximate surface area is 153 Å². The number of rotatable bonds is 4. The Kier molecular flexibility index (Phi) is 4.92. The van der Waals surface area contributed by atoms with Crippen molar-refractivity contribution in [3.63, 3.8) is 0 Å². The summed E-state index contributed by atoms with van der Waals surface area (Å²) in [6.45, 7) is 1.59. The van der Waals surface area contributed by atoms with Crippen LogP contribution in [0.5, 0.6) is 0 Å². The van der Waals surface area contributed by atoms with Gasteiger partial charge in [0.05, 0.1) is 16.9 Å². The van der Waals surface area contributed by atoms with Gasteiger partial charge in [-0.15, -0.1) is 11.6 Å². The van der Waals surface area contributed by atoms with E-state index in [9.17, 15) is 9.59 Å². The van der Waals surface area contributed by atoms with E-state index >= 15 is 0 Å². The van der Waals surface area contributed by atoms with Gasteiger partial charge in [0.15, 0.2) is 0 Å². The van der Waals surface area contributed by atoms with Crippen LogP contribution in [-0.4, -0.2) is 26.6 Å². The fraction of sp³-hybridized carbons (Fsp3) is 0.118. The molecule has 0 aliphatic heterocycles. The number of aromatic nitrogens is 2. The van der Waals surface area contributed by atoms with Crippen molar-refractivity contribution in [2.75, 3.05) is 10.6 Å². The molecule has 0 aliphatic carbocycles. The Morgan fingerprint density at radius 2 is 1.96 bits per heavy atom. The van der Waals surface area contributed by atoms with Crippen LogP contribution in [0.4, 0.5) is 11.4 Å². The molecule has 0 saturated heterocycles. The van der Waals surface area contributed by atoms with Crippen molar-refractivity contribution in [2.24, 2.45) is 0 Å². The molecule has 0 bridgehead atoms. The Bertz CT molecular complexity index is 953. The first-order valence-corrected chi connectivity index (χ1v) is 8.25. The van der Waals surface area contributed by atoms with Crippen LogP contribution in [0.3, 0.4) is 0 Å². The van der Waals surface area contributed by atoms with Crippen LogP contribution in [0.25, 0.3) is 5.65 Å². The third kappa shape index (κ3) is 3.75. The molecule has 0 radical (unpaired) electrons. The second-order valence-electron chi connectivity index (χ2n) is 5.33. The van der Waals surface area contributed by atoms with Crippen LogP contribution in [0, 0.1) is 0 Å². The SMILES string of the molecule is CC(Cl)C(=O)Nc1ccn2c(C(=O)Nc3ccccc3Cl)cnc2c1. The monoisotopic (exact) mass is 376 g/mol. The lowest BCUT2D eigenvalue weighted by atomic mass is 10.3. The molecule has 2 amide bonds. The van der Waals surface area contributed by atoms with Gasteiger partial charge in [0.25, 0.3) is 5.91 Å². The van der Waals surface area contributed by atoms with Gasteiger partial charge in [-0.1, -0.05) is 23.7 Å². The number of imidazole rings is 1. The molecule has 6 nitrogen and oxygen atoms in total. The molecule has 3 aromatic rings. The minimum Gasteiger partial charge on any atom is -0.325 e. The van der Waals surface area contributed by atoms with Crippen LogP contribution in [0.1, 0.15) is 17.4 Å². The lowest BCUT2D eigenvalue weighted by Crippen LogP contribution is -2.20. The average Bonchev–Trinajstić information content (AvgIpc) is 3.00. The van der Waals surface area contributed by atoms with Gasteiger partial charge >= 0.3 is 0 Å². The number of nitrogens with one attached hydrogen (secondary N) is 2. The highest BCUT2D eigenvalue weighted by atomic mass is 35.5. The maximum Gasteiger partial charge on any atom is 0.274 e. The minimum absolute atomic E-state index is 0.311. The van der Waals surface area contributed by atoms with Gasteiger partial charge in [-0.25, -0.2) is 4.98 Å². The average molecular weight is 377 g/mol. The highest BCUT2D eigenvalue weighted by Gasteiger charge is 2.15. The van der Waals surface area contributed by atoms with Crippen LogP contribution < -0.4 is 10.6 Å². The maximum absolute atomic E-state index is 12.5. The Hall–Kier alpha value is -2.57. The van der Waals surface area contributed by atoms with Gasteiger partial charge in [0.2, 0.25) is 5.91 Å². The van der Waals surface area contributed by atoms with E-state index in [1.807, 2.05) is 0 Å². The summed E-state index contributed by atoms with van der Waals surface area (Å²) in [5, 5.41) is 5.23. The summed E-state index contributed by atoms with van der Waals surface area (Å²) in [5.41, 5.74) is 1.93. The lowest BCUT2D eigenvalue weighted by molar-refractivity contribution is -0.115. The number of hydrogen-bond acceptors (Lipinski definition) is 3. The molecule has 2 heterocycles. The highest BCUT2D eigenvalue weighted by molar-refractivity contribution is 6.34. The predicted molar refractivity (Wildman–Crippen MR) is 98.5 cm³/mol. The minimum atomic E-state index is -0.645. The second-order valence-corrected chi connectivity index (χ2v) is 6.39. The third-order valence-corrected chi connectivity index (χ3v) is 4.02. The van der Waals surface area contributed by atoms with E-state index in [0.717, 1.165) is 0 Å². The lowest BCUT2D eigenvalue weighted by Gasteiger charge is -2.08. The number of anilines is 2. The Balaban J connectivity index is 1.84. The van der Waals surface area contributed by atoms with Crippen molar-refractivity contribution in [1.29, 1.82) is 0 Å². The molecule has 25 heavy (non-hydrogen) atoms. The molecule has 2 N–H and O–H groups in total. The van der Waals surface area contributed by atoms with Crippen molar-refractivity contribution in [1.82, 2.24) is 9.38 Å². The molecule has 3 rings (SSSR count). The molecule has 8 heteroatoms. The Morgan fingerprint density at radius 1 is 1.20 bits per heavy atom. The van der Waals surface area contributed by atoms with Crippen LogP contribution >= 0.6 is 23.2 Å². The summed E-state index contributed by atoms with van der Waals surface area (Å²) >= 11 is 11.8. The molecule has 1 unspecified atom stereocenters. The van der Waals surface area contributed by atoms with Crippen LogP contribution in [-0.2, 0) is 4.79 Å². The highest BCUT2D eigenvalue weighted by Crippen LogP contribution is 2.22. The molecule has 1 aromatic carbocycles. The predicted octanol–water partition coefficient (Wildman–Crippen LogP) is 3.81. The van der Waals surface area contributed by atoms with Crippen molar-refractivity contribution >= 4 is 52.0 Å². The molecule has 2 aromatic heterocycles. The Morgan fingerprint density at radius 3 is 2.68 bits per heavy atom. The quantitative estimate of drug-likeness (QED) is 0.679. The first-order valence-electron chi connectivity index (χ1n) is 7.43. The van der Waals surface area contributed by atoms with E-state index in [1.165, 1.54) is 6.20 Å². The zero-order valence-corrected chi connectivity index (χ0v) is 14.7. The van der Waals surface area contributed by atoms with Gasteiger partial charge < -0.3 is 10.6 Å². The zero-order valence-electron chi connectivity index (χ0n) is 13.2. The number of benzene rings is 1. The van der Waals surface area contributed by atoms with E-state index in [1.54, 1.807) is 53.9 Å². The smallest absolute Gasteiger partial charge is 0.274 e. The molecule has 1 atom stereocenters. The van der Waals surface area contributed by atoms with E-state index in [2.05, 4.69) is 15.6 Å². The van der Waals surface area contributed by atoms with E-state index in [4.69, 9.17) is 23.2 Å². The summed E-state index contributed by atoms with van der Waals surface area (Å²) in [7, 11) is 0. The molecule has 0 spiro atoms. The van der Waals surface area contributed by atoms with Crippen molar-refractivity contribution < 1.29 is 9.59 Å². The van der Waals surface area contributed by atoms with Gasteiger partial charge in [-0.3, -0.25) is 14.0 Å². The van der Waals surface area contributed by atoms with E-state index in [0.29, 0.717) is 27.7 Å². The van der Waals surface area contributed by atoms with Gasteiger partial charge in [-0.05, 0) is 25.1 Å². The third-order valence-electron chi connectivity index (χ3n) is 3.50. The molecular weight excluding hydrogens is 363 g/mol. The molecule has 128 valence electrons. The summed E-state index contributed by atoms with van der Waals surface area (Å²) in [4.78, 5) is 28.3. The van der Waals surface area contributed by atoms with Crippen LogP contribution in [0.15, 0.2) is 48.8 Å². The summed E-state index contributed by atoms with van der Waals surface area (Å²) in [5.74, 6) is -0.652. The van der Waals surface area contributed by atoms with E-state index < -0.39 is 5.38 Å². The molecule has 0 aliphatic rings. The fourth-order valence-electron chi connectivity index (χ4n) is 2.22. The van der Waals surface area contributed by atoms with Crippen molar-refractivity contribution in [3.05, 3.63) is 59.5 Å². The number of carbonyl (C=O) groups is 2. The number of para-hydroxylation sites is 1.